The van der Waals surface area contributed by atoms with E-state index in [1.807, 2.05) is 0 Å². The maximum Gasteiger partial charge on any atom is 0.277 e. The molecule has 7 nitrogen and oxygen atoms in total. The predicted molar refractivity (Wildman–Crippen MR) is 86.7 cm³/mol. The molecule has 2 aromatic heterocycles. The molecule has 0 spiro atoms. The van der Waals surface area contributed by atoms with Crippen LogP contribution in [0.5, 0.6) is 0 Å². The van der Waals surface area contributed by atoms with Gasteiger partial charge in [-0.3, -0.25) is 9.10 Å². The number of carbonyl (C=O) groups is 1. The molecule has 3 heterocycles. The van der Waals surface area contributed by atoms with Crippen molar-refractivity contribution in [3.8, 4) is 0 Å². The molecule has 0 saturated carbocycles. The Morgan fingerprint density at radius 3 is 2.83 bits per heavy atom. The van der Waals surface area contributed by atoms with Crippen LogP contribution in [0.3, 0.4) is 0 Å². The Balaban J connectivity index is 2.10. The molecule has 1 aliphatic heterocycles. The van der Waals surface area contributed by atoms with Gasteiger partial charge in [0.15, 0.2) is 11.5 Å². The largest absolute Gasteiger partial charge is 0.505 e. The van der Waals surface area contributed by atoms with E-state index in [9.17, 15) is 18.3 Å². The van der Waals surface area contributed by atoms with E-state index in [-0.39, 0.29) is 20.6 Å². The number of aliphatic hydroxyl groups excluding tert-OH is 1. The first-order valence-corrected chi connectivity index (χ1v) is 8.95. The highest BCUT2D eigenvalue weighted by atomic mass is 35.5. The molecule has 1 aliphatic rings. The third-order valence-corrected chi connectivity index (χ3v) is 6.54. The van der Waals surface area contributed by atoms with E-state index in [4.69, 9.17) is 11.6 Å². The van der Waals surface area contributed by atoms with E-state index in [0.29, 0.717) is 4.31 Å². The number of amides is 1. The van der Waals surface area contributed by atoms with Crippen LogP contribution in [0.15, 0.2) is 40.4 Å². The summed E-state index contributed by atoms with van der Waals surface area (Å²) in [6.07, 6.45) is 1.47. The quantitative estimate of drug-likeness (QED) is 0.843. The van der Waals surface area contributed by atoms with Gasteiger partial charge in [-0.1, -0.05) is 17.7 Å². The number of nitrogens with one attached hydrogen (secondary N) is 1. The normalized spacial score (nSPS) is 16.2. The summed E-state index contributed by atoms with van der Waals surface area (Å²) in [7, 11) is -2.84. The summed E-state index contributed by atoms with van der Waals surface area (Å²) in [4.78, 5) is 16.1. The number of carbonyl (C=O) groups excluding carboxylic acids is 1. The molecule has 0 saturated heterocycles. The molecule has 0 fully saturated rings. The van der Waals surface area contributed by atoms with Crippen molar-refractivity contribution in [3.63, 3.8) is 0 Å². The maximum atomic E-state index is 12.5. The molecule has 120 valence electrons. The predicted octanol–water partition coefficient (Wildman–Crippen LogP) is 2.30. The zero-order valence-electron chi connectivity index (χ0n) is 11.6. The smallest absolute Gasteiger partial charge is 0.277 e. The lowest BCUT2D eigenvalue weighted by Gasteiger charge is -2.27. The van der Waals surface area contributed by atoms with Crippen molar-refractivity contribution < 1.29 is 18.3 Å². The Bertz CT molecular complexity index is 922. The number of anilines is 1. The summed E-state index contributed by atoms with van der Waals surface area (Å²) in [5.41, 5.74) is -0.373. The van der Waals surface area contributed by atoms with Gasteiger partial charge in [-0.2, -0.15) is 0 Å². The fourth-order valence-electron chi connectivity index (χ4n) is 2.12. The number of pyridine rings is 1. The van der Waals surface area contributed by atoms with Gasteiger partial charge in [0.1, 0.15) is 15.0 Å². The van der Waals surface area contributed by atoms with Crippen LogP contribution in [-0.2, 0) is 14.8 Å². The maximum absolute atomic E-state index is 12.5. The molecule has 0 aromatic carbocycles. The number of thiophene rings is 1. The van der Waals surface area contributed by atoms with E-state index in [1.165, 1.54) is 18.6 Å². The topological polar surface area (TPSA) is 99.6 Å². The second-order valence-electron chi connectivity index (χ2n) is 4.59. The highest BCUT2D eigenvalue weighted by Gasteiger charge is 2.40. The minimum absolute atomic E-state index is 0.0178. The van der Waals surface area contributed by atoms with Crippen molar-refractivity contribution in [2.45, 2.75) is 4.90 Å². The third-order valence-electron chi connectivity index (χ3n) is 3.24. The van der Waals surface area contributed by atoms with Gasteiger partial charge in [-0.15, -0.1) is 11.3 Å². The first-order chi connectivity index (χ1) is 10.8. The van der Waals surface area contributed by atoms with Gasteiger partial charge < -0.3 is 10.4 Å². The van der Waals surface area contributed by atoms with Gasteiger partial charge in [0.2, 0.25) is 0 Å². The lowest BCUT2D eigenvalue weighted by atomic mass is 10.2. The van der Waals surface area contributed by atoms with Crippen molar-refractivity contribution >= 4 is 50.4 Å². The Hall–Kier alpha value is -2.10. The van der Waals surface area contributed by atoms with Gasteiger partial charge in [-0.25, -0.2) is 13.4 Å². The second-order valence-corrected chi connectivity index (χ2v) is 7.98. The second kappa shape index (κ2) is 5.52. The van der Waals surface area contributed by atoms with E-state index >= 15 is 0 Å². The van der Waals surface area contributed by atoms with Gasteiger partial charge in [0, 0.05) is 18.6 Å². The van der Waals surface area contributed by atoms with Crippen LogP contribution in [0, 0.1) is 0 Å². The fraction of sp³-hybridized carbons (Fsp3) is 0.0769. The van der Waals surface area contributed by atoms with Crippen molar-refractivity contribution in [1.82, 2.24) is 9.29 Å². The van der Waals surface area contributed by atoms with Gasteiger partial charge in [0.25, 0.3) is 15.9 Å². The molecular weight excluding hydrogens is 362 g/mol. The molecule has 10 heteroatoms. The third kappa shape index (κ3) is 2.46. The average molecular weight is 372 g/mol. The Morgan fingerprint density at radius 1 is 1.43 bits per heavy atom. The highest BCUT2D eigenvalue weighted by molar-refractivity contribution is 7.89. The van der Waals surface area contributed by atoms with E-state index in [2.05, 4.69) is 10.3 Å². The number of sulfonamides is 1. The summed E-state index contributed by atoms with van der Waals surface area (Å²) >= 11 is 6.87. The molecule has 0 aliphatic carbocycles. The molecule has 0 unspecified atom stereocenters. The number of fused-ring (bicyclic) bond motifs is 1. The molecule has 0 radical (unpaired) electrons. The molecule has 0 atom stereocenters. The molecule has 23 heavy (non-hydrogen) atoms. The van der Waals surface area contributed by atoms with Gasteiger partial charge in [-0.05, 0) is 12.1 Å². The Labute approximate surface area is 140 Å². The van der Waals surface area contributed by atoms with Crippen LogP contribution < -0.4 is 5.32 Å². The van der Waals surface area contributed by atoms with Crippen LogP contribution in [0.1, 0.15) is 5.56 Å². The summed E-state index contributed by atoms with van der Waals surface area (Å²) in [6, 6.07) is 4.87. The highest BCUT2D eigenvalue weighted by Crippen LogP contribution is 2.42. The first kappa shape index (κ1) is 15.8. The van der Waals surface area contributed by atoms with E-state index < -0.39 is 27.4 Å². The summed E-state index contributed by atoms with van der Waals surface area (Å²) < 4.78 is 25.8. The summed E-state index contributed by atoms with van der Waals surface area (Å²) in [6.45, 7) is 0. The summed E-state index contributed by atoms with van der Waals surface area (Å²) in [5, 5.41) is 14.2. The van der Waals surface area contributed by atoms with Crippen molar-refractivity contribution in [2.75, 3.05) is 12.4 Å². The average Bonchev–Trinajstić information content (AvgIpc) is 2.90. The SMILES string of the molecule is CN1C(C(=O)Nc2ccccn2)=C(O)c2csc(Cl)c2S1(=O)=O. The standard InChI is InChI=1S/C13H10ClN3O4S2/c1-17-9(13(19)16-8-4-2-3-5-15-8)10(18)7-6-22-12(14)11(7)23(17,20)21/h2-6,18H,1H3,(H,15,16,19). The molecule has 1 amide bonds. The van der Waals surface area contributed by atoms with Crippen LogP contribution in [0.4, 0.5) is 5.82 Å². The van der Waals surface area contributed by atoms with Crippen LogP contribution in [0.25, 0.3) is 5.76 Å². The number of nitrogens with zero attached hydrogens (tertiary/aromatic N) is 2. The monoisotopic (exact) mass is 371 g/mol. The molecule has 0 bridgehead atoms. The lowest BCUT2D eigenvalue weighted by molar-refractivity contribution is -0.113. The van der Waals surface area contributed by atoms with Gasteiger partial charge in [0.05, 0.1) is 5.56 Å². The number of rotatable bonds is 2. The Kier molecular flexibility index (Phi) is 3.78. The zero-order valence-corrected chi connectivity index (χ0v) is 14.0. The number of aliphatic hydroxyl groups is 1. The number of hydrogen-bond donors (Lipinski definition) is 2. The minimum atomic E-state index is -4.01. The van der Waals surface area contributed by atoms with E-state index in [0.717, 1.165) is 11.3 Å². The van der Waals surface area contributed by atoms with Gasteiger partial charge >= 0.3 is 0 Å². The van der Waals surface area contributed by atoms with Crippen molar-refractivity contribution in [3.05, 3.63) is 45.4 Å². The molecular formula is C13H10ClN3O4S2. The van der Waals surface area contributed by atoms with E-state index in [1.54, 1.807) is 18.2 Å². The Morgan fingerprint density at radius 2 is 2.17 bits per heavy atom. The summed E-state index contributed by atoms with van der Waals surface area (Å²) in [5.74, 6) is -1.01. The van der Waals surface area contributed by atoms with Crippen LogP contribution >= 0.6 is 22.9 Å². The number of likely N-dealkylation sites (N-methyl/N-ethyl adjacent to an activating group) is 1. The first-order valence-electron chi connectivity index (χ1n) is 6.26. The number of halogens is 1. The zero-order chi connectivity index (χ0) is 16.8. The number of aromatic nitrogens is 1. The van der Waals surface area contributed by atoms with Crippen molar-refractivity contribution in [1.29, 1.82) is 0 Å². The fourth-order valence-corrected chi connectivity index (χ4v) is 5.17. The molecule has 2 aromatic rings. The van der Waals surface area contributed by atoms with Crippen LogP contribution in [0.2, 0.25) is 4.34 Å². The molecule has 2 N–H and O–H groups in total. The van der Waals surface area contributed by atoms with Crippen LogP contribution in [-0.4, -0.2) is 35.8 Å². The number of hydrogen-bond acceptors (Lipinski definition) is 6. The van der Waals surface area contributed by atoms with Crippen molar-refractivity contribution in [2.24, 2.45) is 0 Å². The lowest BCUT2D eigenvalue weighted by Crippen LogP contribution is -2.37. The minimum Gasteiger partial charge on any atom is -0.505 e. The molecule has 3 rings (SSSR count).